The van der Waals surface area contributed by atoms with Crippen LogP contribution < -0.4 is 30.8 Å². The van der Waals surface area contributed by atoms with Gasteiger partial charge in [-0.3, -0.25) is 9.59 Å². The highest BCUT2D eigenvalue weighted by atomic mass is 19.1. The van der Waals surface area contributed by atoms with E-state index in [1.54, 1.807) is 30.3 Å². The van der Waals surface area contributed by atoms with E-state index in [2.05, 4.69) is 15.4 Å². The molecule has 11 heteroatoms. The topological polar surface area (TPSA) is 124 Å². The fourth-order valence-electron chi connectivity index (χ4n) is 3.40. The zero-order valence-electron chi connectivity index (χ0n) is 19.3. The lowest BCUT2D eigenvalue weighted by Gasteiger charge is -2.15. The summed E-state index contributed by atoms with van der Waals surface area (Å²) in [5, 5.41) is 6.86. The van der Waals surface area contributed by atoms with Gasteiger partial charge in [-0.25, -0.2) is 9.18 Å². The molecule has 0 aliphatic heterocycles. The van der Waals surface area contributed by atoms with Crippen LogP contribution in [0.25, 0.3) is 10.9 Å². The minimum Gasteiger partial charge on any atom is -0.493 e. The average Bonchev–Trinajstić information content (AvgIpc) is 2.87. The maximum atomic E-state index is 13.3. The number of carbonyl (C=O) groups excluding carboxylic acids is 1. The van der Waals surface area contributed by atoms with Crippen molar-refractivity contribution in [2.75, 3.05) is 26.1 Å². The number of fused-ring (bicyclic) bond motifs is 1. The standard InChI is InChI=1S/C25H21FN4O6/c1-34-20-10-15(13-27-30-24(32)18-8-3-4-9-19(18)29-25(30)33)11-21(35-2)23(20)36-14-22(31)28-17-7-5-6-16(26)12-17/h3-13H,14H2,1-2H3,(H,28,31)(H,29,33). The van der Waals surface area contributed by atoms with E-state index in [9.17, 15) is 18.8 Å². The molecule has 0 unspecified atom stereocenters. The van der Waals surface area contributed by atoms with Gasteiger partial charge in [0, 0.05) is 11.3 Å². The summed E-state index contributed by atoms with van der Waals surface area (Å²) in [5.41, 5.74) is -0.148. The molecule has 4 aromatic rings. The molecule has 0 spiro atoms. The Morgan fingerprint density at radius 2 is 1.78 bits per heavy atom. The van der Waals surface area contributed by atoms with Crippen molar-refractivity contribution in [3.63, 3.8) is 0 Å². The highest BCUT2D eigenvalue weighted by Crippen LogP contribution is 2.38. The van der Waals surface area contributed by atoms with Crippen molar-refractivity contribution in [3.8, 4) is 17.2 Å². The summed E-state index contributed by atoms with van der Waals surface area (Å²) < 4.78 is 30.4. The molecule has 0 bridgehead atoms. The van der Waals surface area contributed by atoms with Crippen molar-refractivity contribution in [3.05, 3.63) is 92.9 Å². The molecule has 1 amide bonds. The van der Waals surface area contributed by atoms with E-state index in [4.69, 9.17) is 14.2 Å². The van der Waals surface area contributed by atoms with Crippen LogP contribution in [0.1, 0.15) is 5.56 Å². The van der Waals surface area contributed by atoms with Gasteiger partial charge in [0.05, 0.1) is 31.3 Å². The van der Waals surface area contributed by atoms with Crippen LogP contribution in [-0.4, -0.2) is 42.6 Å². The monoisotopic (exact) mass is 492 g/mol. The van der Waals surface area contributed by atoms with Gasteiger partial charge in [0.15, 0.2) is 18.1 Å². The number of nitrogens with one attached hydrogen (secondary N) is 2. The summed E-state index contributed by atoms with van der Waals surface area (Å²) >= 11 is 0. The maximum absolute atomic E-state index is 13.3. The summed E-state index contributed by atoms with van der Waals surface area (Å²) in [6.07, 6.45) is 1.29. The molecule has 2 N–H and O–H groups in total. The second-order valence-corrected chi connectivity index (χ2v) is 7.44. The van der Waals surface area contributed by atoms with Crippen LogP contribution >= 0.6 is 0 Å². The Hall–Kier alpha value is -4.93. The van der Waals surface area contributed by atoms with Crippen LogP contribution in [0.2, 0.25) is 0 Å². The molecule has 0 aliphatic carbocycles. The van der Waals surface area contributed by atoms with Crippen molar-refractivity contribution in [2.45, 2.75) is 0 Å². The zero-order chi connectivity index (χ0) is 25.7. The number of aromatic nitrogens is 2. The predicted octanol–water partition coefficient (Wildman–Crippen LogP) is 2.75. The van der Waals surface area contributed by atoms with Crippen LogP contribution in [0.4, 0.5) is 10.1 Å². The number of anilines is 1. The smallest absolute Gasteiger partial charge is 0.349 e. The van der Waals surface area contributed by atoms with Gasteiger partial charge in [0.1, 0.15) is 5.82 Å². The summed E-state index contributed by atoms with van der Waals surface area (Å²) in [5.74, 6) is -0.428. The van der Waals surface area contributed by atoms with Crippen LogP contribution in [0.3, 0.4) is 0 Å². The third-order valence-corrected chi connectivity index (χ3v) is 5.04. The number of hydrogen-bond acceptors (Lipinski definition) is 7. The lowest BCUT2D eigenvalue weighted by Crippen LogP contribution is -2.32. The first-order valence-corrected chi connectivity index (χ1v) is 10.6. The van der Waals surface area contributed by atoms with Gasteiger partial charge in [0.2, 0.25) is 5.75 Å². The number of hydrogen-bond donors (Lipinski definition) is 2. The summed E-state index contributed by atoms with van der Waals surface area (Å²) in [4.78, 5) is 39.9. The molecular weight excluding hydrogens is 471 g/mol. The molecule has 0 fully saturated rings. The second-order valence-electron chi connectivity index (χ2n) is 7.44. The first-order valence-electron chi connectivity index (χ1n) is 10.6. The molecule has 1 aromatic heterocycles. The third kappa shape index (κ3) is 5.25. The highest BCUT2D eigenvalue weighted by Gasteiger charge is 2.16. The Kier molecular flexibility index (Phi) is 7.10. The molecule has 36 heavy (non-hydrogen) atoms. The van der Waals surface area contributed by atoms with Gasteiger partial charge in [-0.1, -0.05) is 18.2 Å². The number of amides is 1. The van der Waals surface area contributed by atoms with Gasteiger partial charge in [0.25, 0.3) is 11.5 Å². The Bertz CT molecular complexity index is 1550. The van der Waals surface area contributed by atoms with E-state index in [0.29, 0.717) is 21.1 Å². The van der Waals surface area contributed by atoms with Crippen LogP contribution in [-0.2, 0) is 4.79 Å². The molecule has 0 saturated carbocycles. The van der Waals surface area contributed by atoms with E-state index in [0.717, 1.165) is 0 Å². The lowest BCUT2D eigenvalue weighted by molar-refractivity contribution is -0.118. The molecule has 184 valence electrons. The van der Waals surface area contributed by atoms with E-state index in [1.165, 1.54) is 50.8 Å². The van der Waals surface area contributed by atoms with Crippen molar-refractivity contribution < 1.29 is 23.4 Å². The largest absolute Gasteiger partial charge is 0.493 e. The lowest BCUT2D eigenvalue weighted by atomic mass is 10.2. The van der Waals surface area contributed by atoms with Gasteiger partial charge in [-0.15, -0.1) is 4.68 Å². The number of methoxy groups -OCH3 is 2. The first-order chi connectivity index (χ1) is 17.4. The number of nitrogens with zero attached hydrogens (tertiary/aromatic N) is 2. The molecule has 10 nitrogen and oxygen atoms in total. The summed E-state index contributed by atoms with van der Waals surface area (Å²) in [6, 6.07) is 15.1. The van der Waals surface area contributed by atoms with Crippen molar-refractivity contribution >= 4 is 28.7 Å². The zero-order valence-corrected chi connectivity index (χ0v) is 19.3. The van der Waals surface area contributed by atoms with E-state index in [1.807, 2.05) is 0 Å². The molecule has 1 heterocycles. The fourth-order valence-corrected chi connectivity index (χ4v) is 3.40. The van der Waals surface area contributed by atoms with Crippen molar-refractivity contribution in [1.29, 1.82) is 0 Å². The Morgan fingerprint density at radius 3 is 2.47 bits per heavy atom. The van der Waals surface area contributed by atoms with Gasteiger partial charge in [-0.05, 0) is 42.5 Å². The van der Waals surface area contributed by atoms with Gasteiger partial charge < -0.3 is 24.5 Å². The minimum atomic E-state index is -0.696. The highest BCUT2D eigenvalue weighted by molar-refractivity contribution is 5.92. The van der Waals surface area contributed by atoms with Crippen LogP contribution in [0.15, 0.2) is 75.4 Å². The maximum Gasteiger partial charge on any atom is 0.349 e. The Balaban J connectivity index is 1.57. The quantitative estimate of drug-likeness (QED) is 0.365. The molecule has 4 rings (SSSR count). The van der Waals surface area contributed by atoms with E-state index >= 15 is 0 Å². The number of aromatic amines is 1. The number of rotatable bonds is 8. The number of H-pyrrole nitrogens is 1. The molecule has 0 saturated heterocycles. The van der Waals surface area contributed by atoms with E-state index < -0.39 is 29.6 Å². The van der Waals surface area contributed by atoms with Crippen LogP contribution in [0, 0.1) is 5.82 Å². The van der Waals surface area contributed by atoms with Gasteiger partial charge >= 0.3 is 5.69 Å². The van der Waals surface area contributed by atoms with Crippen molar-refractivity contribution in [2.24, 2.45) is 5.10 Å². The number of halogens is 1. The number of ether oxygens (including phenoxy) is 3. The van der Waals surface area contributed by atoms with E-state index in [-0.39, 0.29) is 22.9 Å². The predicted molar refractivity (Wildman–Crippen MR) is 132 cm³/mol. The third-order valence-electron chi connectivity index (χ3n) is 5.04. The normalized spacial score (nSPS) is 11.0. The van der Waals surface area contributed by atoms with Gasteiger partial charge in [-0.2, -0.15) is 5.10 Å². The Morgan fingerprint density at radius 1 is 1.06 bits per heavy atom. The molecule has 0 aliphatic rings. The van der Waals surface area contributed by atoms with Crippen molar-refractivity contribution in [1.82, 2.24) is 9.66 Å². The first kappa shape index (κ1) is 24.2. The minimum absolute atomic E-state index is 0.146. The molecular formula is C25H21FN4O6. The molecule has 0 atom stereocenters. The molecule has 0 radical (unpaired) electrons. The second kappa shape index (κ2) is 10.6. The molecule has 3 aromatic carbocycles. The summed E-state index contributed by atoms with van der Waals surface area (Å²) in [7, 11) is 2.79. The Labute approximate surface area is 203 Å². The van der Waals surface area contributed by atoms with Crippen LogP contribution in [0.5, 0.6) is 17.2 Å². The number of carbonyl (C=O) groups is 1. The summed E-state index contributed by atoms with van der Waals surface area (Å²) in [6.45, 7) is -0.404. The average molecular weight is 492 g/mol. The number of para-hydroxylation sites is 1. The fraction of sp³-hybridized carbons (Fsp3) is 0.120. The SMILES string of the molecule is COc1cc(C=Nn2c(=O)[nH]c3ccccc3c2=O)cc(OC)c1OCC(=O)Nc1cccc(F)c1. The number of benzene rings is 3.